The lowest BCUT2D eigenvalue weighted by atomic mass is 10.1. The zero-order chi connectivity index (χ0) is 27.8. The second-order valence-corrected chi connectivity index (χ2v) is 10.5. The molecule has 204 valence electrons. The number of hydrogen-bond donors (Lipinski definition) is 1. The number of nitrogens with zero attached hydrogens (tertiary/aromatic N) is 2. The van der Waals surface area contributed by atoms with Gasteiger partial charge in [-0.2, -0.15) is 0 Å². The molecule has 0 saturated heterocycles. The number of nitrogens with one attached hydrogen (secondary N) is 1. The van der Waals surface area contributed by atoms with Gasteiger partial charge in [-0.1, -0.05) is 67.9 Å². The minimum Gasteiger partial charge on any atom is -0.494 e. The molecular weight excluding hydrogens is 510 g/mol. The van der Waals surface area contributed by atoms with Crippen LogP contribution in [-0.4, -0.2) is 52.8 Å². The van der Waals surface area contributed by atoms with E-state index in [1.165, 1.54) is 0 Å². The Morgan fingerprint density at radius 2 is 1.67 bits per heavy atom. The first-order valence-electron chi connectivity index (χ1n) is 13.4. The monoisotopic (exact) mass is 545 g/mol. The first-order chi connectivity index (χ1) is 18.9. The summed E-state index contributed by atoms with van der Waals surface area (Å²) >= 11 is 6.34. The molecular formula is C32H36ClN3O3. The summed E-state index contributed by atoms with van der Waals surface area (Å²) in [6.07, 6.45) is 2.70. The Morgan fingerprint density at radius 3 is 2.38 bits per heavy atom. The molecule has 4 aromatic rings. The van der Waals surface area contributed by atoms with Crippen molar-refractivity contribution in [3.05, 3.63) is 101 Å². The van der Waals surface area contributed by atoms with Crippen LogP contribution in [0.1, 0.15) is 42.3 Å². The SMILES string of the molecule is CCOc1ccc(CN(CCc2c[nH]c3ccccc23)C(=O)CN(CC(C)C)C(=O)c2ccccc2Cl)cc1. The van der Waals surface area contributed by atoms with Crippen LogP contribution in [0.4, 0.5) is 0 Å². The highest BCUT2D eigenvalue weighted by Crippen LogP contribution is 2.21. The second kappa shape index (κ2) is 13.3. The lowest BCUT2D eigenvalue weighted by Gasteiger charge is -2.29. The molecule has 7 heteroatoms. The van der Waals surface area contributed by atoms with Crippen molar-refractivity contribution in [3.63, 3.8) is 0 Å². The number of aromatic nitrogens is 1. The number of para-hydroxylation sites is 1. The molecule has 2 amide bonds. The number of rotatable bonds is 12. The van der Waals surface area contributed by atoms with Gasteiger partial charge in [0.15, 0.2) is 0 Å². The Kier molecular flexibility index (Phi) is 9.66. The van der Waals surface area contributed by atoms with E-state index in [4.69, 9.17) is 16.3 Å². The Bertz CT molecular complexity index is 1400. The largest absolute Gasteiger partial charge is 0.494 e. The standard InChI is InChI=1S/C32H36ClN3O3/c1-4-39-26-15-13-24(14-16-26)21-35(18-17-25-19-34-30-12-8-6-9-27(25)30)31(37)22-36(20-23(2)3)32(38)28-10-5-7-11-29(28)33/h5-16,19,23,34H,4,17-18,20-22H2,1-3H3. The maximum atomic E-state index is 13.8. The number of halogens is 1. The first kappa shape index (κ1) is 28.2. The molecule has 0 spiro atoms. The van der Waals surface area contributed by atoms with Crippen molar-refractivity contribution >= 4 is 34.3 Å². The summed E-state index contributed by atoms with van der Waals surface area (Å²) in [7, 11) is 0. The number of carbonyl (C=O) groups excluding carboxylic acids is 2. The van der Waals surface area contributed by atoms with Crippen LogP contribution in [0.15, 0.2) is 79.0 Å². The van der Waals surface area contributed by atoms with E-state index in [2.05, 4.69) is 11.1 Å². The van der Waals surface area contributed by atoms with Crippen molar-refractivity contribution in [2.75, 3.05) is 26.2 Å². The van der Waals surface area contributed by atoms with Crippen molar-refractivity contribution in [3.8, 4) is 5.75 Å². The molecule has 0 aliphatic rings. The van der Waals surface area contributed by atoms with E-state index in [1.54, 1.807) is 29.2 Å². The van der Waals surface area contributed by atoms with Crippen molar-refractivity contribution in [2.24, 2.45) is 5.92 Å². The Hall–Kier alpha value is -3.77. The van der Waals surface area contributed by atoms with E-state index in [0.29, 0.717) is 43.2 Å². The fraction of sp³-hybridized carbons (Fsp3) is 0.312. The number of H-pyrrole nitrogens is 1. The molecule has 4 rings (SSSR count). The molecule has 6 nitrogen and oxygen atoms in total. The van der Waals surface area contributed by atoms with Crippen LogP contribution >= 0.6 is 11.6 Å². The van der Waals surface area contributed by atoms with Gasteiger partial charge in [0.25, 0.3) is 5.91 Å². The van der Waals surface area contributed by atoms with Gasteiger partial charge in [-0.05, 0) is 60.7 Å². The second-order valence-electron chi connectivity index (χ2n) is 10.1. The van der Waals surface area contributed by atoms with Gasteiger partial charge in [0.05, 0.1) is 17.2 Å². The quantitative estimate of drug-likeness (QED) is 0.218. The summed E-state index contributed by atoms with van der Waals surface area (Å²) in [6, 6.07) is 23.0. The van der Waals surface area contributed by atoms with Crippen molar-refractivity contribution < 1.29 is 14.3 Å². The topological polar surface area (TPSA) is 65.6 Å². The van der Waals surface area contributed by atoms with Gasteiger partial charge in [0, 0.05) is 36.7 Å². The summed E-state index contributed by atoms with van der Waals surface area (Å²) in [4.78, 5) is 34.1. The third-order valence-corrected chi connectivity index (χ3v) is 6.92. The van der Waals surface area contributed by atoms with Crippen LogP contribution in [0.3, 0.4) is 0 Å². The molecule has 1 N–H and O–H groups in total. The Morgan fingerprint density at radius 1 is 0.949 bits per heavy atom. The van der Waals surface area contributed by atoms with Crippen LogP contribution in [0, 0.1) is 5.92 Å². The zero-order valence-corrected chi connectivity index (χ0v) is 23.6. The average Bonchev–Trinajstić information content (AvgIpc) is 3.34. The molecule has 3 aromatic carbocycles. The molecule has 0 saturated carbocycles. The fourth-order valence-corrected chi connectivity index (χ4v) is 4.91. The molecule has 0 atom stereocenters. The predicted octanol–water partition coefficient (Wildman–Crippen LogP) is 6.59. The van der Waals surface area contributed by atoms with Gasteiger partial charge in [-0.15, -0.1) is 0 Å². The smallest absolute Gasteiger partial charge is 0.255 e. The molecule has 0 aliphatic heterocycles. The number of hydrogen-bond acceptors (Lipinski definition) is 3. The number of amides is 2. The summed E-state index contributed by atoms with van der Waals surface area (Å²) in [5.41, 5.74) is 3.63. The zero-order valence-electron chi connectivity index (χ0n) is 22.8. The van der Waals surface area contributed by atoms with E-state index >= 15 is 0 Å². The van der Waals surface area contributed by atoms with Crippen molar-refractivity contribution in [2.45, 2.75) is 33.7 Å². The molecule has 0 bridgehead atoms. The molecule has 39 heavy (non-hydrogen) atoms. The van der Waals surface area contributed by atoms with Gasteiger partial charge in [-0.25, -0.2) is 0 Å². The number of ether oxygens (including phenoxy) is 1. The van der Waals surface area contributed by atoms with E-state index in [9.17, 15) is 9.59 Å². The first-order valence-corrected chi connectivity index (χ1v) is 13.8. The van der Waals surface area contributed by atoms with E-state index < -0.39 is 0 Å². The van der Waals surface area contributed by atoms with Gasteiger partial charge in [0.1, 0.15) is 12.3 Å². The lowest BCUT2D eigenvalue weighted by Crippen LogP contribution is -2.44. The Labute approximate surface area is 235 Å². The van der Waals surface area contributed by atoms with Crippen LogP contribution in [0.25, 0.3) is 10.9 Å². The summed E-state index contributed by atoms with van der Waals surface area (Å²) in [5, 5.41) is 1.54. The van der Waals surface area contributed by atoms with Gasteiger partial charge < -0.3 is 19.5 Å². The maximum absolute atomic E-state index is 13.8. The highest BCUT2D eigenvalue weighted by Gasteiger charge is 2.25. The molecule has 0 fully saturated rings. The highest BCUT2D eigenvalue weighted by atomic mass is 35.5. The maximum Gasteiger partial charge on any atom is 0.255 e. The minimum absolute atomic E-state index is 0.0207. The molecule has 0 radical (unpaired) electrons. The predicted molar refractivity (Wildman–Crippen MR) is 157 cm³/mol. The number of benzene rings is 3. The summed E-state index contributed by atoms with van der Waals surface area (Å²) in [5.74, 6) is 0.645. The van der Waals surface area contributed by atoms with Crippen LogP contribution in [-0.2, 0) is 17.8 Å². The summed E-state index contributed by atoms with van der Waals surface area (Å²) in [6.45, 7) is 8.00. The van der Waals surface area contributed by atoms with Gasteiger partial charge in [0.2, 0.25) is 5.91 Å². The molecule has 1 aromatic heterocycles. The summed E-state index contributed by atoms with van der Waals surface area (Å²) < 4.78 is 5.58. The number of carbonyl (C=O) groups is 2. The van der Waals surface area contributed by atoms with Gasteiger partial charge >= 0.3 is 0 Å². The van der Waals surface area contributed by atoms with Crippen molar-refractivity contribution in [1.82, 2.24) is 14.8 Å². The van der Waals surface area contributed by atoms with Gasteiger partial charge in [-0.3, -0.25) is 9.59 Å². The number of aromatic amines is 1. The minimum atomic E-state index is -0.236. The average molecular weight is 546 g/mol. The molecule has 0 aliphatic carbocycles. The van der Waals surface area contributed by atoms with Crippen LogP contribution < -0.4 is 4.74 Å². The highest BCUT2D eigenvalue weighted by molar-refractivity contribution is 6.33. The van der Waals surface area contributed by atoms with E-state index in [-0.39, 0.29) is 24.3 Å². The van der Waals surface area contributed by atoms with E-state index in [1.807, 2.05) is 74.3 Å². The third-order valence-electron chi connectivity index (χ3n) is 6.59. The van der Waals surface area contributed by atoms with E-state index in [0.717, 1.165) is 27.8 Å². The molecule has 0 unspecified atom stereocenters. The third kappa shape index (κ3) is 7.42. The van der Waals surface area contributed by atoms with Crippen molar-refractivity contribution in [1.29, 1.82) is 0 Å². The van der Waals surface area contributed by atoms with Crippen LogP contribution in [0.2, 0.25) is 5.02 Å². The molecule has 1 heterocycles. The lowest BCUT2D eigenvalue weighted by molar-refractivity contribution is -0.132. The van der Waals surface area contributed by atoms with Crippen LogP contribution in [0.5, 0.6) is 5.75 Å². The number of fused-ring (bicyclic) bond motifs is 1. The fourth-order valence-electron chi connectivity index (χ4n) is 4.69. The Balaban J connectivity index is 1.56. The normalized spacial score (nSPS) is 11.1.